The molecule has 3 rings (SSSR count). The number of esters is 1. The Hall–Kier alpha value is -3.28. The fourth-order valence-electron chi connectivity index (χ4n) is 3.62. The van der Waals surface area contributed by atoms with E-state index in [0.717, 1.165) is 24.0 Å². The third-order valence-corrected chi connectivity index (χ3v) is 5.24. The van der Waals surface area contributed by atoms with Crippen molar-refractivity contribution in [3.05, 3.63) is 76.5 Å². The summed E-state index contributed by atoms with van der Waals surface area (Å²) in [6.07, 6.45) is 2.12. The van der Waals surface area contributed by atoms with Gasteiger partial charge in [0.2, 0.25) is 0 Å². The van der Waals surface area contributed by atoms with Crippen molar-refractivity contribution in [1.29, 1.82) is 0 Å². The molecule has 0 aliphatic carbocycles. The maximum atomic E-state index is 13.1. The van der Waals surface area contributed by atoms with Crippen molar-refractivity contribution in [1.82, 2.24) is 10.6 Å². The van der Waals surface area contributed by atoms with E-state index in [4.69, 9.17) is 9.47 Å². The van der Waals surface area contributed by atoms with Crippen molar-refractivity contribution in [3.63, 3.8) is 0 Å². The zero-order chi connectivity index (χ0) is 23.1. The molecule has 0 spiro atoms. The summed E-state index contributed by atoms with van der Waals surface area (Å²) < 4.78 is 11.7. The van der Waals surface area contributed by atoms with Crippen LogP contribution in [0.15, 0.2) is 59.8 Å². The highest BCUT2D eigenvalue weighted by Gasteiger charge is 2.35. The minimum absolute atomic E-state index is 0.270. The number of carbonyl (C=O) groups is 2. The molecule has 0 saturated heterocycles. The van der Waals surface area contributed by atoms with Crippen LogP contribution >= 0.6 is 0 Å². The van der Waals surface area contributed by atoms with E-state index in [2.05, 4.69) is 17.6 Å². The molecule has 170 valence electrons. The number of hydrogen-bond acceptors (Lipinski definition) is 4. The molecule has 6 nitrogen and oxygen atoms in total. The van der Waals surface area contributed by atoms with Gasteiger partial charge in [-0.25, -0.2) is 9.59 Å². The van der Waals surface area contributed by atoms with E-state index < -0.39 is 12.0 Å². The number of rotatable bonds is 9. The maximum Gasteiger partial charge on any atom is 0.338 e. The molecule has 6 heteroatoms. The number of benzene rings is 2. The molecule has 1 atom stereocenters. The summed E-state index contributed by atoms with van der Waals surface area (Å²) in [5, 5.41) is 5.73. The van der Waals surface area contributed by atoms with Crippen LogP contribution in [0.25, 0.3) is 0 Å². The van der Waals surface area contributed by atoms with Gasteiger partial charge in [0.15, 0.2) is 0 Å². The average molecular weight is 437 g/mol. The molecule has 2 aromatic rings. The van der Waals surface area contributed by atoms with Crippen molar-refractivity contribution in [2.45, 2.75) is 65.7 Å². The van der Waals surface area contributed by atoms with E-state index in [1.807, 2.05) is 69.3 Å². The first-order chi connectivity index (χ1) is 15.4. The standard InChI is InChI=1S/C26H32N2O4/c1-5-6-10-21-23(25(29)32-17(2)3)24(28-26(30)27-21)20-9-7-8-11-22(20)31-16-19-14-12-18(4)13-15-19/h7-9,11-15,17,24H,5-6,10,16H2,1-4H3,(H2,27,28,30). The molecule has 1 heterocycles. The predicted octanol–water partition coefficient (Wildman–Crippen LogP) is 5.32. The van der Waals surface area contributed by atoms with Gasteiger partial charge in [0.05, 0.1) is 17.7 Å². The van der Waals surface area contributed by atoms with E-state index in [1.165, 1.54) is 5.56 Å². The van der Waals surface area contributed by atoms with E-state index in [9.17, 15) is 9.59 Å². The summed E-state index contributed by atoms with van der Waals surface area (Å²) in [5.41, 5.74) is 3.99. The van der Waals surface area contributed by atoms with Gasteiger partial charge in [-0.1, -0.05) is 61.4 Å². The Morgan fingerprint density at radius 2 is 1.81 bits per heavy atom. The van der Waals surface area contributed by atoms with Crippen LogP contribution in [0.3, 0.4) is 0 Å². The highest BCUT2D eigenvalue weighted by Crippen LogP contribution is 2.35. The van der Waals surface area contributed by atoms with Crippen LogP contribution in [-0.2, 0) is 16.1 Å². The lowest BCUT2D eigenvalue weighted by Crippen LogP contribution is -2.46. The second-order valence-electron chi connectivity index (χ2n) is 8.29. The van der Waals surface area contributed by atoms with Crippen LogP contribution in [0.5, 0.6) is 5.75 Å². The first kappa shape index (κ1) is 23.4. The number of amides is 2. The highest BCUT2D eigenvalue weighted by molar-refractivity contribution is 5.95. The van der Waals surface area contributed by atoms with Gasteiger partial charge in [-0.15, -0.1) is 0 Å². The molecule has 2 N–H and O–H groups in total. The molecule has 2 amide bonds. The molecule has 2 aromatic carbocycles. The monoisotopic (exact) mass is 436 g/mol. The fourth-order valence-corrected chi connectivity index (χ4v) is 3.62. The highest BCUT2D eigenvalue weighted by atomic mass is 16.5. The quantitative estimate of drug-likeness (QED) is 0.521. The number of unbranched alkanes of at least 4 members (excludes halogenated alkanes) is 1. The molecule has 0 aromatic heterocycles. The molecule has 0 radical (unpaired) electrons. The first-order valence-electron chi connectivity index (χ1n) is 11.2. The number of nitrogens with one attached hydrogen (secondary N) is 2. The molecule has 1 aliphatic heterocycles. The van der Waals surface area contributed by atoms with Gasteiger partial charge < -0.3 is 20.1 Å². The minimum Gasteiger partial charge on any atom is -0.489 e. The number of ether oxygens (including phenoxy) is 2. The number of hydrogen-bond donors (Lipinski definition) is 2. The number of urea groups is 1. The fraction of sp³-hybridized carbons (Fsp3) is 0.385. The van der Waals surface area contributed by atoms with Crippen LogP contribution in [0, 0.1) is 6.92 Å². The molecule has 32 heavy (non-hydrogen) atoms. The minimum atomic E-state index is -0.656. The second-order valence-corrected chi connectivity index (χ2v) is 8.29. The van der Waals surface area contributed by atoms with Gasteiger partial charge in [0, 0.05) is 11.3 Å². The smallest absolute Gasteiger partial charge is 0.338 e. The Morgan fingerprint density at radius 3 is 2.50 bits per heavy atom. The lowest BCUT2D eigenvalue weighted by molar-refractivity contribution is -0.143. The first-order valence-corrected chi connectivity index (χ1v) is 11.2. The number of aryl methyl sites for hydroxylation is 1. The third kappa shape index (κ3) is 5.90. The Balaban J connectivity index is 1.96. The van der Waals surface area contributed by atoms with Gasteiger partial charge in [-0.3, -0.25) is 0 Å². The number of para-hydroxylation sites is 1. The maximum absolute atomic E-state index is 13.1. The average Bonchev–Trinajstić information content (AvgIpc) is 2.76. The largest absolute Gasteiger partial charge is 0.489 e. The molecule has 0 fully saturated rings. The van der Waals surface area contributed by atoms with Gasteiger partial charge in [0.25, 0.3) is 0 Å². The predicted molar refractivity (Wildman–Crippen MR) is 124 cm³/mol. The van der Waals surface area contributed by atoms with Crippen LogP contribution in [0.1, 0.15) is 62.8 Å². The zero-order valence-electron chi connectivity index (χ0n) is 19.2. The third-order valence-electron chi connectivity index (χ3n) is 5.24. The van der Waals surface area contributed by atoms with Crippen LogP contribution in [0.2, 0.25) is 0 Å². The van der Waals surface area contributed by atoms with Crippen molar-refractivity contribution < 1.29 is 19.1 Å². The van der Waals surface area contributed by atoms with Crippen LogP contribution in [-0.4, -0.2) is 18.1 Å². The summed E-state index contributed by atoms with van der Waals surface area (Å²) >= 11 is 0. The van der Waals surface area contributed by atoms with E-state index >= 15 is 0 Å². The summed E-state index contributed by atoms with van der Waals surface area (Å²) in [7, 11) is 0. The molecular weight excluding hydrogens is 404 g/mol. The Kier molecular flexibility index (Phi) is 7.92. The van der Waals surface area contributed by atoms with Gasteiger partial charge in [-0.05, 0) is 45.2 Å². The summed E-state index contributed by atoms with van der Waals surface area (Å²) in [6, 6.07) is 14.6. The molecular formula is C26H32N2O4. The normalized spacial score (nSPS) is 15.9. The molecule has 0 saturated carbocycles. The van der Waals surface area contributed by atoms with E-state index in [1.54, 1.807) is 0 Å². The topological polar surface area (TPSA) is 76.7 Å². The summed E-state index contributed by atoms with van der Waals surface area (Å²) in [6.45, 7) is 8.12. The lowest BCUT2D eigenvalue weighted by atomic mass is 9.93. The molecule has 1 unspecified atom stereocenters. The van der Waals surface area contributed by atoms with Crippen LogP contribution in [0.4, 0.5) is 4.79 Å². The van der Waals surface area contributed by atoms with Crippen LogP contribution < -0.4 is 15.4 Å². The second kappa shape index (κ2) is 10.8. The Bertz CT molecular complexity index is 980. The van der Waals surface area contributed by atoms with Gasteiger partial charge in [0.1, 0.15) is 12.4 Å². The molecule has 0 bridgehead atoms. The zero-order valence-corrected chi connectivity index (χ0v) is 19.2. The van der Waals surface area contributed by atoms with Gasteiger partial charge >= 0.3 is 12.0 Å². The SMILES string of the molecule is CCCCC1=C(C(=O)OC(C)C)C(c2ccccc2OCc2ccc(C)cc2)NC(=O)N1. The Labute approximate surface area is 190 Å². The van der Waals surface area contributed by atoms with Gasteiger partial charge in [-0.2, -0.15) is 0 Å². The van der Waals surface area contributed by atoms with Crippen molar-refractivity contribution in [2.24, 2.45) is 0 Å². The molecule has 1 aliphatic rings. The van der Waals surface area contributed by atoms with Crippen molar-refractivity contribution in [3.8, 4) is 5.75 Å². The Morgan fingerprint density at radius 1 is 1.09 bits per heavy atom. The van der Waals surface area contributed by atoms with Crippen molar-refractivity contribution in [2.75, 3.05) is 0 Å². The van der Waals surface area contributed by atoms with E-state index in [0.29, 0.717) is 30.0 Å². The lowest BCUT2D eigenvalue weighted by Gasteiger charge is -2.31. The summed E-state index contributed by atoms with van der Waals surface area (Å²) in [5.74, 6) is 0.182. The number of carbonyl (C=O) groups excluding carboxylic acids is 2. The summed E-state index contributed by atoms with van der Waals surface area (Å²) in [4.78, 5) is 25.6. The number of allylic oxidation sites excluding steroid dienone is 1. The van der Waals surface area contributed by atoms with E-state index in [-0.39, 0.29) is 12.1 Å². The van der Waals surface area contributed by atoms with Crippen molar-refractivity contribution >= 4 is 12.0 Å².